The number of hydrogen-bond acceptors (Lipinski definition) is 7. The van der Waals surface area contributed by atoms with Crippen LogP contribution in [0.4, 0.5) is 10.7 Å². The Bertz CT molecular complexity index is 690. The number of sulfone groups is 1. The number of ketones is 1. The molecule has 0 unspecified atom stereocenters. The summed E-state index contributed by atoms with van der Waals surface area (Å²) >= 11 is 1.06. The zero-order valence-electron chi connectivity index (χ0n) is 11.5. The van der Waals surface area contributed by atoms with Crippen LogP contribution in [0.15, 0.2) is 0 Å². The van der Waals surface area contributed by atoms with E-state index in [1.54, 1.807) is 0 Å². The lowest BCUT2D eigenvalue weighted by Crippen LogP contribution is -2.18. The number of amides is 1. The van der Waals surface area contributed by atoms with E-state index in [-0.39, 0.29) is 35.2 Å². The summed E-state index contributed by atoms with van der Waals surface area (Å²) in [5.74, 6) is -0.915. The number of nitrogen functional groups attached to an aromatic ring is 1. The minimum atomic E-state index is -3.12. The van der Waals surface area contributed by atoms with E-state index in [1.807, 2.05) is 0 Å². The van der Waals surface area contributed by atoms with Crippen LogP contribution < -0.4 is 16.8 Å². The summed E-state index contributed by atoms with van der Waals surface area (Å²) in [6.45, 7) is 0.121. The van der Waals surface area contributed by atoms with Gasteiger partial charge in [-0.2, -0.15) is 0 Å². The van der Waals surface area contributed by atoms with Crippen molar-refractivity contribution >= 4 is 43.6 Å². The molecule has 1 aliphatic carbocycles. The molecule has 2 rings (SSSR count). The van der Waals surface area contributed by atoms with Crippen molar-refractivity contribution in [3.63, 3.8) is 0 Å². The highest BCUT2D eigenvalue weighted by atomic mass is 32.2. The number of carbonyl (C=O) groups is 2. The summed E-state index contributed by atoms with van der Waals surface area (Å²) in [7, 11) is -3.12. The summed E-state index contributed by atoms with van der Waals surface area (Å²) in [6, 6.07) is 0. The molecule has 1 heterocycles. The van der Waals surface area contributed by atoms with E-state index in [2.05, 4.69) is 5.32 Å². The van der Waals surface area contributed by atoms with Gasteiger partial charge in [-0.15, -0.1) is 11.3 Å². The Hall–Kier alpha value is -1.61. The average Bonchev–Trinajstić information content (AvgIpc) is 3.12. The van der Waals surface area contributed by atoms with Crippen molar-refractivity contribution < 1.29 is 18.0 Å². The molecule has 0 spiro atoms. The Balaban J connectivity index is 2.24. The van der Waals surface area contributed by atoms with Gasteiger partial charge >= 0.3 is 0 Å². The van der Waals surface area contributed by atoms with E-state index >= 15 is 0 Å². The predicted molar refractivity (Wildman–Crippen MR) is 82.5 cm³/mol. The number of primary amides is 1. The SMILES string of the molecule is CS(=O)(=O)CCNc1sc(C(=O)C2CC2)c(N)c1C(N)=O. The van der Waals surface area contributed by atoms with Crippen molar-refractivity contribution in [1.82, 2.24) is 0 Å². The predicted octanol–water partition coefficient (Wildman–Crippen LogP) is 0.478. The molecule has 0 radical (unpaired) electrons. The van der Waals surface area contributed by atoms with E-state index in [0.717, 1.165) is 30.4 Å². The van der Waals surface area contributed by atoms with Crippen LogP contribution in [-0.4, -0.2) is 38.7 Å². The van der Waals surface area contributed by atoms with Crippen LogP contribution >= 0.6 is 11.3 Å². The fraction of sp³-hybridized carbons (Fsp3) is 0.500. The van der Waals surface area contributed by atoms with Gasteiger partial charge in [0.05, 0.1) is 21.9 Å². The molecule has 116 valence electrons. The van der Waals surface area contributed by atoms with Crippen molar-refractivity contribution in [1.29, 1.82) is 0 Å². The molecule has 9 heteroatoms. The molecule has 0 atom stereocenters. The van der Waals surface area contributed by atoms with Gasteiger partial charge in [-0.1, -0.05) is 0 Å². The molecule has 0 aromatic carbocycles. The van der Waals surface area contributed by atoms with Crippen LogP contribution in [0.25, 0.3) is 0 Å². The molecule has 0 aliphatic heterocycles. The van der Waals surface area contributed by atoms with Gasteiger partial charge in [-0.25, -0.2) is 8.42 Å². The van der Waals surface area contributed by atoms with Crippen molar-refractivity contribution in [2.75, 3.05) is 29.6 Å². The first kappa shape index (κ1) is 15.8. The lowest BCUT2D eigenvalue weighted by atomic mass is 10.1. The highest BCUT2D eigenvalue weighted by Gasteiger charge is 2.34. The molecular weight excluding hydrogens is 314 g/mol. The number of rotatable bonds is 7. The first-order valence-electron chi connectivity index (χ1n) is 6.38. The third-order valence-electron chi connectivity index (χ3n) is 3.12. The van der Waals surface area contributed by atoms with Crippen LogP contribution in [0.5, 0.6) is 0 Å². The average molecular weight is 331 g/mol. The molecule has 0 saturated heterocycles. The first-order valence-corrected chi connectivity index (χ1v) is 9.26. The lowest BCUT2D eigenvalue weighted by molar-refractivity contribution is 0.0972. The zero-order chi connectivity index (χ0) is 15.8. The van der Waals surface area contributed by atoms with E-state index in [1.165, 1.54) is 0 Å². The molecule has 21 heavy (non-hydrogen) atoms. The van der Waals surface area contributed by atoms with Gasteiger partial charge in [-0.3, -0.25) is 9.59 Å². The summed E-state index contributed by atoms with van der Waals surface area (Å²) in [5.41, 5.74) is 11.3. The van der Waals surface area contributed by atoms with E-state index in [9.17, 15) is 18.0 Å². The van der Waals surface area contributed by atoms with Gasteiger partial charge in [0.25, 0.3) is 5.91 Å². The molecule has 1 aliphatic rings. The van der Waals surface area contributed by atoms with Gasteiger partial charge in [-0.05, 0) is 12.8 Å². The van der Waals surface area contributed by atoms with Gasteiger partial charge in [0.2, 0.25) is 0 Å². The van der Waals surface area contributed by atoms with Gasteiger partial charge in [0.15, 0.2) is 5.78 Å². The minimum Gasteiger partial charge on any atom is -0.397 e. The molecule has 1 fully saturated rings. The highest BCUT2D eigenvalue weighted by Crippen LogP contribution is 2.41. The van der Waals surface area contributed by atoms with Crippen LogP contribution in [0.1, 0.15) is 32.9 Å². The van der Waals surface area contributed by atoms with E-state index in [0.29, 0.717) is 9.88 Å². The zero-order valence-corrected chi connectivity index (χ0v) is 13.1. The number of Topliss-reactive ketones (excluding diaryl/α,β-unsaturated/α-hetero) is 1. The first-order chi connectivity index (χ1) is 9.70. The normalized spacial score (nSPS) is 14.9. The van der Waals surface area contributed by atoms with E-state index < -0.39 is 15.7 Å². The van der Waals surface area contributed by atoms with Crippen LogP contribution in [0.3, 0.4) is 0 Å². The summed E-state index contributed by atoms with van der Waals surface area (Å²) in [4.78, 5) is 23.9. The fourth-order valence-electron chi connectivity index (χ4n) is 1.88. The maximum Gasteiger partial charge on any atom is 0.253 e. The van der Waals surface area contributed by atoms with Gasteiger partial charge < -0.3 is 16.8 Å². The summed E-state index contributed by atoms with van der Waals surface area (Å²) < 4.78 is 22.2. The number of nitrogens with one attached hydrogen (secondary N) is 1. The van der Waals surface area contributed by atoms with E-state index in [4.69, 9.17) is 11.5 Å². The molecular formula is C12H17N3O4S2. The molecule has 0 bridgehead atoms. The quantitative estimate of drug-likeness (QED) is 0.622. The smallest absolute Gasteiger partial charge is 0.253 e. The Morgan fingerprint density at radius 3 is 2.48 bits per heavy atom. The number of carbonyl (C=O) groups excluding carboxylic acids is 2. The van der Waals surface area contributed by atoms with Crippen molar-refractivity contribution in [3.8, 4) is 0 Å². The second kappa shape index (κ2) is 5.64. The van der Waals surface area contributed by atoms with Crippen LogP contribution in [0, 0.1) is 5.92 Å². The highest BCUT2D eigenvalue weighted by molar-refractivity contribution is 7.90. The molecule has 1 aromatic heterocycles. The maximum atomic E-state index is 12.1. The Labute approximate surface area is 126 Å². The number of thiophene rings is 1. The standard InChI is InChI=1S/C12H17N3O4S2/c1-21(18,19)5-4-15-12-7(11(14)17)8(13)10(20-12)9(16)6-2-3-6/h6,15H,2-5,13H2,1H3,(H2,14,17). The summed E-state index contributed by atoms with van der Waals surface area (Å²) in [5, 5.41) is 3.19. The Kier molecular flexibility index (Phi) is 4.24. The maximum absolute atomic E-state index is 12.1. The topological polar surface area (TPSA) is 132 Å². The van der Waals surface area contributed by atoms with Crippen LogP contribution in [0.2, 0.25) is 0 Å². The second-order valence-electron chi connectivity index (χ2n) is 5.11. The molecule has 5 N–H and O–H groups in total. The third kappa shape index (κ3) is 3.73. The van der Waals surface area contributed by atoms with Gasteiger partial charge in [0, 0.05) is 18.7 Å². The molecule has 7 nitrogen and oxygen atoms in total. The molecule has 1 aromatic rings. The second-order valence-corrected chi connectivity index (χ2v) is 8.39. The van der Waals surface area contributed by atoms with Crippen molar-refractivity contribution in [3.05, 3.63) is 10.4 Å². The number of hydrogen-bond donors (Lipinski definition) is 3. The minimum absolute atomic E-state index is 0.0180. The van der Waals surface area contributed by atoms with Gasteiger partial charge in [0.1, 0.15) is 14.8 Å². The van der Waals surface area contributed by atoms with Crippen molar-refractivity contribution in [2.45, 2.75) is 12.8 Å². The number of nitrogens with two attached hydrogens (primary N) is 2. The largest absolute Gasteiger partial charge is 0.397 e. The monoisotopic (exact) mass is 331 g/mol. The third-order valence-corrected chi connectivity index (χ3v) is 5.25. The molecule has 1 saturated carbocycles. The fourth-order valence-corrected chi connectivity index (χ4v) is 3.52. The van der Waals surface area contributed by atoms with Crippen molar-refractivity contribution in [2.24, 2.45) is 11.7 Å². The van der Waals surface area contributed by atoms with Crippen LogP contribution in [-0.2, 0) is 9.84 Å². The Morgan fingerprint density at radius 1 is 1.38 bits per heavy atom. The molecule has 1 amide bonds. The summed E-state index contributed by atoms with van der Waals surface area (Å²) in [6.07, 6.45) is 2.78. The number of anilines is 2. The Morgan fingerprint density at radius 2 is 2.00 bits per heavy atom. The lowest BCUT2D eigenvalue weighted by Gasteiger charge is -2.04.